The van der Waals surface area contributed by atoms with Crippen LogP contribution in [0.3, 0.4) is 0 Å². The number of rotatable bonds is 6. The van der Waals surface area contributed by atoms with Crippen LogP contribution < -0.4 is 10.6 Å². The molecule has 0 unspecified atom stereocenters. The standard InChI is InChI=1S/C16H20N4O3/c1-11-7-14(20(2)19-11)16(22)17-9-15(21)18-13-6-4-5-12(8-13)10-23-3/h4-8H,9-10H2,1-3H3,(H,17,22)(H,18,21). The zero-order valence-corrected chi connectivity index (χ0v) is 13.4. The molecule has 1 aromatic carbocycles. The van der Waals surface area contributed by atoms with Gasteiger partial charge in [-0.15, -0.1) is 0 Å². The van der Waals surface area contributed by atoms with Crippen LogP contribution in [0.2, 0.25) is 0 Å². The van der Waals surface area contributed by atoms with Gasteiger partial charge in [0.25, 0.3) is 5.91 Å². The number of carbonyl (C=O) groups excluding carboxylic acids is 2. The van der Waals surface area contributed by atoms with Crippen molar-refractivity contribution in [3.05, 3.63) is 47.3 Å². The number of methoxy groups -OCH3 is 1. The topological polar surface area (TPSA) is 85.2 Å². The lowest BCUT2D eigenvalue weighted by molar-refractivity contribution is -0.115. The monoisotopic (exact) mass is 316 g/mol. The Morgan fingerprint density at radius 2 is 2.09 bits per heavy atom. The van der Waals surface area contributed by atoms with Crippen LogP contribution in [-0.4, -0.2) is 35.2 Å². The lowest BCUT2D eigenvalue weighted by Crippen LogP contribution is -2.33. The first-order valence-corrected chi connectivity index (χ1v) is 7.16. The van der Waals surface area contributed by atoms with Crippen molar-refractivity contribution in [2.75, 3.05) is 19.0 Å². The van der Waals surface area contributed by atoms with Crippen LogP contribution in [0, 0.1) is 6.92 Å². The molecule has 2 amide bonds. The fraction of sp³-hybridized carbons (Fsp3) is 0.312. The highest BCUT2D eigenvalue weighted by Crippen LogP contribution is 2.11. The molecule has 0 radical (unpaired) electrons. The number of nitrogens with one attached hydrogen (secondary N) is 2. The number of aromatic nitrogens is 2. The summed E-state index contributed by atoms with van der Waals surface area (Å²) >= 11 is 0. The summed E-state index contributed by atoms with van der Waals surface area (Å²) in [5.41, 5.74) is 2.78. The number of anilines is 1. The molecule has 122 valence electrons. The first kappa shape index (κ1) is 16.7. The zero-order valence-electron chi connectivity index (χ0n) is 13.4. The van der Waals surface area contributed by atoms with E-state index in [-0.39, 0.29) is 18.4 Å². The summed E-state index contributed by atoms with van der Waals surface area (Å²) in [6.45, 7) is 2.16. The number of carbonyl (C=O) groups is 2. The number of hydrogen-bond acceptors (Lipinski definition) is 4. The van der Waals surface area contributed by atoms with E-state index in [9.17, 15) is 9.59 Å². The van der Waals surface area contributed by atoms with Crippen molar-refractivity contribution in [3.63, 3.8) is 0 Å². The van der Waals surface area contributed by atoms with E-state index in [1.807, 2.05) is 18.2 Å². The van der Waals surface area contributed by atoms with Gasteiger partial charge >= 0.3 is 0 Å². The second-order valence-corrected chi connectivity index (χ2v) is 5.16. The normalized spacial score (nSPS) is 10.4. The van der Waals surface area contributed by atoms with E-state index in [1.165, 1.54) is 4.68 Å². The van der Waals surface area contributed by atoms with Crippen molar-refractivity contribution in [3.8, 4) is 0 Å². The minimum atomic E-state index is -0.337. The van der Waals surface area contributed by atoms with Crippen LogP contribution in [0.25, 0.3) is 0 Å². The van der Waals surface area contributed by atoms with Crippen LogP contribution in [0.5, 0.6) is 0 Å². The van der Waals surface area contributed by atoms with Crippen molar-refractivity contribution in [1.29, 1.82) is 0 Å². The maximum Gasteiger partial charge on any atom is 0.269 e. The Labute approximate surface area is 134 Å². The quantitative estimate of drug-likeness (QED) is 0.840. The molecule has 0 bridgehead atoms. The number of hydrogen-bond donors (Lipinski definition) is 2. The Bertz CT molecular complexity index is 709. The predicted molar refractivity (Wildman–Crippen MR) is 86.1 cm³/mol. The summed E-state index contributed by atoms with van der Waals surface area (Å²) in [7, 11) is 3.30. The molecule has 2 N–H and O–H groups in total. The first-order valence-electron chi connectivity index (χ1n) is 7.16. The average Bonchev–Trinajstić information content (AvgIpc) is 2.84. The Morgan fingerprint density at radius 3 is 2.74 bits per heavy atom. The molecule has 0 saturated carbocycles. The second-order valence-electron chi connectivity index (χ2n) is 5.16. The molecular weight excluding hydrogens is 296 g/mol. The fourth-order valence-corrected chi connectivity index (χ4v) is 2.18. The van der Waals surface area contributed by atoms with Crippen LogP contribution >= 0.6 is 0 Å². The Balaban J connectivity index is 1.89. The summed E-state index contributed by atoms with van der Waals surface area (Å²) in [5, 5.41) is 9.41. The van der Waals surface area contributed by atoms with E-state index >= 15 is 0 Å². The molecule has 0 saturated heterocycles. The van der Waals surface area contributed by atoms with Crippen molar-refractivity contribution < 1.29 is 14.3 Å². The molecule has 7 heteroatoms. The van der Waals surface area contributed by atoms with Crippen LogP contribution in [0.4, 0.5) is 5.69 Å². The van der Waals surface area contributed by atoms with Crippen LogP contribution in [0.1, 0.15) is 21.7 Å². The maximum absolute atomic E-state index is 12.0. The van der Waals surface area contributed by atoms with E-state index in [2.05, 4.69) is 15.7 Å². The number of aryl methyl sites for hydroxylation is 2. The van der Waals surface area contributed by atoms with Crippen molar-refractivity contribution >= 4 is 17.5 Å². The lowest BCUT2D eigenvalue weighted by Gasteiger charge is -2.08. The van der Waals surface area contributed by atoms with E-state index in [1.54, 1.807) is 33.2 Å². The number of amides is 2. The molecule has 0 aliphatic rings. The molecule has 0 aliphatic heterocycles. The third-order valence-electron chi connectivity index (χ3n) is 3.17. The molecule has 23 heavy (non-hydrogen) atoms. The van der Waals surface area contributed by atoms with Gasteiger partial charge in [0.15, 0.2) is 0 Å². The Kier molecular flexibility index (Phi) is 5.48. The van der Waals surface area contributed by atoms with E-state index < -0.39 is 0 Å². The van der Waals surface area contributed by atoms with Crippen molar-refractivity contribution in [1.82, 2.24) is 15.1 Å². The number of nitrogens with zero attached hydrogens (tertiary/aromatic N) is 2. The molecule has 0 fully saturated rings. The molecule has 0 aliphatic carbocycles. The maximum atomic E-state index is 12.0. The fourth-order valence-electron chi connectivity index (χ4n) is 2.18. The van der Waals surface area contributed by atoms with Gasteiger partial charge in [0.05, 0.1) is 18.8 Å². The van der Waals surface area contributed by atoms with Gasteiger partial charge in [-0.05, 0) is 30.7 Å². The molecule has 1 aromatic heterocycles. The van der Waals surface area contributed by atoms with Crippen molar-refractivity contribution in [2.24, 2.45) is 7.05 Å². The molecule has 0 atom stereocenters. The molecule has 2 rings (SSSR count). The average molecular weight is 316 g/mol. The molecular formula is C16H20N4O3. The predicted octanol–water partition coefficient (Wildman–Crippen LogP) is 1.24. The summed E-state index contributed by atoms with van der Waals surface area (Å²) in [4.78, 5) is 23.9. The molecule has 1 heterocycles. The summed E-state index contributed by atoms with van der Waals surface area (Å²) in [6, 6.07) is 9.02. The largest absolute Gasteiger partial charge is 0.380 e. The second kappa shape index (κ2) is 7.55. The van der Waals surface area contributed by atoms with Gasteiger partial charge in [0.1, 0.15) is 5.69 Å². The SMILES string of the molecule is COCc1cccc(NC(=O)CNC(=O)c2cc(C)nn2C)c1. The van der Waals surface area contributed by atoms with Gasteiger partial charge in [0.2, 0.25) is 5.91 Å². The molecule has 2 aromatic rings. The van der Waals surface area contributed by atoms with Gasteiger partial charge in [-0.2, -0.15) is 5.10 Å². The number of ether oxygens (including phenoxy) is 1. The van der Waals surface area contributed by atoms with Crippen molar-refractivity contribution in [2.45, 2.75) is 13.5 Å². The highest BCUT2D eigenvalue weighted by atomic mass is 16.5. The van der Waals surface area contributed by atoms with Crippen LogP contribution in [-0.2, 0) is 23.2 Å². The highest BCUT2D eigenvalue weighted by Gasteiger charge is 2.13. The van der Waals surface area contributed by atoms with E-state index in [0.29, 0.717) is 18.0 Å². The Hall–Kier alpha value is -2.67. The van der Waals surface area contributed by atoms with Gasteiger partial charge in [0, 0.05) is 19.8 Å². The van der Waals surface area contributed by atoms with E-state index in [0.717, 1.165) is 11.3 Å². The Morgan fingerprint density at radius 1 is 1.30 bits per heavy atom. The number of benzene rings is 1. The minimum absolute atomic E-state index is 0.114. The molecule has 0 spiro atoms. The van der Waals surface area contributed by atoms with Gasteiger partial charge in [-0.1, -0.05) is 12.1 Å². The third kappa shape index (κ3) is 4.65. The van der Waals surface area contributed by atoms with Crippen LogP contribution in [0.15, 0.2) is 30.3 Å². The minimum Gasteiger partial charge on any atom is -0.380 e. The summed E-state index contributed by atoms with van der Waals surface area (Å²) < 4.78 is 6.53. The first-order chi connectivity index (χ1) is 11.0. The summed E-state index contributed by atoms with van der Waals surface area (Å²) in [5.74, 6) is -0.636. The summed E-state index contributed by atoms with van der Waals surface area (Å²) in [6.07, 6.45) is 0. The van der Waals surface area contributed by atoms with Gasteiger partial charge in [-0.25, -0.2) is 0 Å². The molecule has 7 nitrogen and oxygen atoms in total. The zero-order chi connectivity index (χ0) is 16.8. The van der Waals surface area contributed by atoms with Gasteiger partial charge in [-0.3, -0.25) is 14.3 Å². The third-order valence-corrected chi connectivity index (χ3v) is 3.17. The van der Waals surface area contributed by atoms with Gasteiger partial charge < -0.3 is 15.4 Å². The smallest absolute Gasteiger partial charge is 0.269 e. The van der Waals surface area contributed by atoms with E-state index in [4.69, 9.17) is 4.74 Å². The lowest BCUT2D eigenvalue weighted by atomic mass is 10.2. The highest BCUT2D eigenvalue weighted by molar-refractivity contribution is 5.98.